The second-order valence-corrected chi connectivity index (χ2v) is 13.4. The van der Waals surface area contributed by atoms with Gasteiger partial charge in [-0.2, -0.15) is 0 Å². The first-order valence-electron chi connectivity index (χ1n) is 28.1. The molecule has 14 nitrogen and oxygen atoms in total. The highest BCUT2D eigenvalue weighted by Gasteiger charge is 1.94. The van der Waals surface area contributed by atoms with Crippen molar-refractivity contribution in [1.29, 1.82) is 0 Å². The van der Waals surface area contributed by atoms with Crippen LogP contribution in [0.1, 0.15) is 156 Å². The first-order valence-corrected chi connectivity index (χ1v) is 28.1. The van der Waals surface area contributed by atoms with Gasteiger partial charge in [0.25, 0.3) is 0 Å². The van der Waals surface area contributed by atoms with Crippen LogP contribution in [0.5, 0.6) is 0 Å². The molecule has 8 heterocycles. The molecular weight excluding hydrogens is 989 g/mol. The summed E-state index contributed by atoms with van der Waals surface area (Å²) in [6.45, 7) is 47.6. The predicted molar refractivity (Wildman–Crippen MR) is 344 cm³/mol. The molecule has 80 heavy (non-hydrogen) atoms. The molecule has 0 radical (unpaired) electrons. The lowest BCUT2D eigenvalue weighted by Crippen LogP contribution is -1.84. The molecule has 0 N–H and O–H groups in total. The number of para-hydroxylation sites is 1. The largest absolute Gasteiger partial charge is 0.264 e. The monoisotopic (exact) mass is 1090 g/mol. The van der Waals surface area contributed by atoms with E-state index in [1.807, 2.05) is 239 Å². The van der Waals surface area contributed by atoms with Crippen molar-refractivity contribution in [2.45, 2.75) is 166 Å². The first kappa shape index (κ1) is 83.1. The standard InChI is InChI=1S/2C10H9N.C6H7N.4C5H6N2.C4H5N3.8C2H6/c1-8-10-5-3-2-4-9(10)6-7-11-8;1-8-6-7-11-10-5-3-2-4-9(8)10;1-6-3-2-4-7-5-6;1-5-2-6-4-7-3-5;1-5-4-6-2-3-7-5;1-5-2-3-6-4-7-5;1-5-6-3-2-4-7-5;1-4-6-2-5-3-7-4;8*1-2/h2*2-7H,1H3;2-5H,1H3;4*2-4H,1H3;2-3H,1H3;8*1-2H3. The highest BCUT2D eigenvalue weighted by molar-refractivity contribution is 5.84. The van der Waals surface area contributed by atoms with Crippen molar-refractivity contribution >= 4 is 21.7 Å². The second-order valence-electron chi connectivity index (χ2n) is 13.4. The lowest BCUT2D eigenvalue weighted by molar-refractivity contribution is 0.974. The Bertz CT molecular complexity index is 2310. The van der Waals surface area contributed by atoms with Crippen LogP contribution in [-0.4, -0.2) is 69.8 Å². The summed E-state index contributed by atoms with van der Waals surface area (Å²) in [5.41, 5.74) is 7.74. The zero-order chi connectivity index (χ0) is 62.0. The Morgan fingerprint density at radius 2 is 0.775 bits per heavy atom. The topological polar surface area (TPSA) is 180 Å². The number of hydrogen-bond donors (Lipinski definition) is 0. The van der Waals surface area contributed by atoms with E-state index >= 15 is 0 Å². The molecule has 0 aliphatic heterocycles. The Morgan fingerprint density at radius 3 is 1.14 bits per heavy atom. The molecule has 10 aromatic rings. The van der Waals surface area contributed by atoms with Crippen molar-refractivity contribution in [3.8, 4) is 0 Å². The molecule has 10 rings (SSSR count). The molecule has 0 aliphatic carbocycles. The highest BCUT2D eigenvalue weighted by atomic mass is 15.0. The highest BCUT2D eigenvalue weighted by Crippen LogP contribution is 2.15. The number of benzene rings is 2. The molecule has 0 unspecified atom stereocenters. The number of aromatic nitrogens is 14. The molecule has 0 aliphatic rings. The maximum atomic E-state index is 4.24. The van der Waals surface area contributed by atoms with Gasteiger partial charge in [0.2, 0.25) is 0 Å². The Hall–Kier alpha value is -8.26. The maximum absolute atomic E-state index is 4.24. The third kappa shape index (κ3) is 49.3. The fraction of sp³-hybridized carbons (Fsp3) is 0.364. The molecule has 436 valence electrons. The second kappa shape index (κ2) is 66.9. The van der Waals surface area contributed by atoms with E-state index in [-0.39, 0.29) is 0 Å². The number of rotatable bonds is 0. The fourth-order valence-corrected chi connectivity index (χ4v) is 4.73. The zero-order valence-corrected chi connectivity index (χ0v) is 53.6. The van der Waals surface area contributed by atoms with Gasteiger partial charge in [-0.15, -0.1) is 0 Å². The van der Waals surface area contributed by atoms with Crippen molar-refractivity contribution in [2.75, 3.05) is 0 Å². The molecule has 0 amide bonds. The fourth-order valence-electron chi connectivity index (χ4n) is 4.73. The van der Waals surface area contributed by atoms with Gasteiger partial charge in [0.1, 0.15) is 37.0 Å². The van der Waals surface area contributed by atoms with Crippen LogP contribution in [0.25, 0.3) is 21.7 Å². The smallest absolute Gasteiger partial charge is 0.128 e. The molecule has 0 saturated heterocycles. The molecule has 8 aromatic heterocycles. The lowest BCUT2D eigenvalue weighted by Gasteiger charge is -1.97. The number of fused-ring (bicyclic) bond motifs is 2. The van der Waals surface area contributed by atoms with Gasteiger partial charge in [-0.1, -0.05) is 159 Å². The molecule has 2 aromatic carbocycles. The van der Waals surface area contributed by atoms with Crippen molar-refractivity contribution < 1.29 is 0 Å². The summed E-state index contributed by atoms with van der Waals surface area (Å²) in [6.07, 6.45) is 27.1. The Kier molecular flexibility index (Phi) is 69.4. The molecule has 14 heteroatoms. The summed E-state index contributed by atoms with van der Waals surface area (Å²) in [4.78, 5) is 54.1. The minimum atomic E-state index is 0.759. The van der Waals surface area contributed by atoms with Gasteiger partial charge in [-0.25, -0.2) is 44.9 Å². The van der Waals surface area contributed by atoms with E-state index in [0.29, 0.717) is 0 Å². The average Bonchev–Trinajstić information content (AvgIpc) is 3.54. The summed E-state index contributed by atoms with van der Waals surface area (Å²) < 4.78 is 0. The average molecular weight is 1090 g/mol. The summed E-state index contributed by atoms with van der Waals surface area (Å²) in [5.74, 6) is 1.58. The van der Waals surface area contributed by atoms with E-state index in [9.17, 15) is 0 Å². The van der Waals surface area contributed by atoms with Crippen LogP contribution in [0.4, 0.5) is 0 Å². The molecular formula is C66H102N14. The van der Waals surface area contributed by atoms with Crippen LogP contribution in [0.15, 0.2) is 185 Å². The minimum Gasteiger partial charge on any atom is -0.264 e. The summed E-state index contributed by atoms with van der Waals surface area (Å²) in [7, 11) is 0. The Labute approximate surface area is 485 Å². The Morgan fingerprint density at radius 1 is 0.263 bits per heavy atom. The molecule has 0 atom stereocenters. The van der Waals surface area contributed by atoms with Gasteiger partial charge in [-0.05, 0) is 114 Å². The number of aryl methyl sites for hydroxylation is 8. The van der Waals surface area contributed by atoms with E-state index < -0.39 is 0 Å². The van der Waals surface area contributed by atoms with Crippen LogP contribution in [0.3, 0.4) is 0 Å². The van der Waals surface area contributed by atoms with Gasteiger partial charge < -0.3 is 0 Å². The van der Waals surface area contributed by atoms with Crippen molar-refractivity contribution in [2.24, 2.45) is 0 Å². The summed E-state index contributed by atoms with van der Waals surface area (Å²) in [6, 6.07) is 28.1. The molecule has 0 saturated carbocycles. The van der Waals surface area contributed by atoms with Crippen LogP contribution in [0.2, 0.25) is 0 Å². The van der Waals surface area contributed by atoms with Gasteiger partial charge >= 0.3 is 0 Å². The lowest BCUT2D eigenvalue weighted by atomic mass is 10.1. The number of pyridine rings is 3. The van der Waals surface area contributed by atoms with E-state index in [1.165, 1.54) is 52.6 Å². The number of nitrogens with zero attached hydrogens (tertiary/aromatic N) is 14. The van der Waals surface area contributed by atoms with Gasteiger partial charge in [0.05, 0.1) is 11.2 Å². The van der Waals surface area contributed by atoms with E-state index in [4.69, 9.17) is 0 Å². The SMILES string of the molecule is CC.CC.CC.CC.CC.CC.CC.CC.Cc1cccnc1.Cc1ccnc2ccccc12.Cc1ccncn1.Cc1cnccn1.Cc1cncnc1.Cc1nccc2ccccc12.Cc1ncccn1.Cc1ncncn1. The maximum Gasteiger partial charge on any atom is 0.128 e. The third-order valence-corrected chi connectivity index (χ3v) is 7.98. The molecule has 0 spiro atoms. The first-order chi connectivity index (χ1) is 39.1. The summed E-state index contributed by atoms with van der Waals surface area (Å²) >= 11 is 0. The van der Waals surface area contributed by atoms with Gasteiger partial charge in [0, 0.05) is 96.5 Å². The van der Waals surface area contributed by atoms with Crippen molar-refractivity contribution in [1.82, 2.24) is 69.8 Å². The zero-order valence-electron chi connectivity index (χ0n) is 53.6. The van der Waals surface area contributed by atoms with Crippen LogP contribution in [-0.2, 0) is 0 Å². The minimum absolute atomic E-state index is 0.759. The quantitative estimate of drug-likeness (QED) is 0.140. The Balaban J connectivity index is -0.000000190. The van der Waals surface area contributed by atoms with E-state index in [1.54, 1.807) is 61.8 Å². The van der Waals surface area contributed by atoms with Crippen LogP contribution < -0.4 is 0 Å². The number of hydrogen-bond acceptors (Lipinski definition) is 14. The van der Waals surface area contributed by atoms with Crippen LogP contribution >= 0.6 is 0 Å². The van der Waals surface area contributed by atoms with Crippen LogP contribution in [0, 0.1) is 55.4 Å². The normalized spacial score (nSPS) is 8.00. The predicted octanol–water partition coefficient (Wildman–Crippen LogP) is 18.0. The van der Waals surface area contributed by atoms with Crippen molar-refractivity contribution in [3.63, 3.8) is 0 Å². The van der Waals surface area contributed by atoms with E-state index in [0.717, 1.165) is 39.8 Å². The van der Waals surface area contributed by atoms with Crippen molar-refractivity contribution in [3.05, 3.63) is 230 Å². The summed E-state index contributed by atoms with van der Waals surface area (Å²) in [5, 5.41) is 3.75. The van der Waals surface area contributed by atoms with E-state index in [2.05, 4.69) is 94.9 Å². The molecule has 0 fully saturated rings. The van der Waals surface area contributed by atoms with Gasteiger partial charge in [0.15, 0.2) is 0 Å². The molecule has 0 bridgehead atoms. The third-order valence-electron chi connectivity index (χ3n) is 7.98. The van der Waals surface area contributed by atoms with Gasteiger partial charge in [-0.3, -0.25) is 24.9 Å².